The number of pyridine rings is 1. The fourth-order valence-electron chi connectivity index (χ4n) is 1.94. The van der Waals surface area contributed by atoms with Gasteiger partial charge in [-0.25, -0.2) is 4.79 Å². The third-order valence-electron chi connectivity index (χ3n) is 3.14. The first kappa shape index (κ1) is 19.2. The van der Waals surface area contributed by atoms with Crippen molar-refractivity contribution in [3.63, 3.8) is 0 Å². The van der Waals surface area contributed by atoms with Crippen molar-refractivity contribution in [1.29, 1.82) is 5.26 Å². The number of nitrogens with zero attached hydrogens (tertiary/aromatic N) is 2. The van der Waals surface area contributed by atoms with E-state index in [0.29, 0.717) is 11.3 Å². The molecule has 1 aromatic heterocycles. The number of hydrogen-bond donors (Lipinski definition) is 2. The second-order valence-electron chi connectivity index (χ2n) is 4.96. The Labute approximate surface area is 160 Å². The standard InChI is InChI=1S/C19H17BrN4O2/c1-2-26-19(25)18(13-23-16-7-5-6-15(20)10-16)24-12-14(11-21)17-8-3-4-9-22-17/h3-10,12-13,23-24H,2H2,1H3/b14-12-,18-13+. The molecule has 0 bridgehead atoms. The quantitative estimate of drug-likeness (QED) is 0.408. The number of aromatic nitrogens is 1. The average Bonchev–Trinajstić information content (AvgIpc) is 2.65. The minimum absolute atomic E-state index is 0.163. The zero-order valence-electron chi connectivity index (χ0n) is 14.1. The fraction of sp³-hybridized carbons (Fsp3) is 0.105. The summed E-state index contributed by atoms with van der Waals surface area (Å²) in [6, 6.07) is 14.8. The lowest BCUT2D eigenvalue weighted by Crippen LogP contribution is -2.20. The molecule has 1 aromatic carbocycles. The van der Waals surface area contributed by atoms with Crippen LogP contribution in [0.1, 0.15) is 12.6 Å². The number of ether oxygens (including phenoxy) is 1. The summed E-state index contributed by atoms with van der Waals surface area (Å²) in [5.41, 5.74) is 1.75. The van der Waals surface area contributed by atoms with E-state index in [0.717, 1.165) is 10.2 Å². The number of anilines is 1. The van der Waals surface area contributed by atoms with Crippen molar-refractivity contribution in [3.05, 3.63) is 76.9 Å². The van der Waals surface area contributed by atoms with Gasteiger partial charge in [0.1, 0.15) is 11.8 Å². The van der Waals surface area contributed by atoms with Crippen LogP contribution in [0.25, 0.3) is 5.57 Å². The smallest absolute Gasteiger partial charge is 0.356 e. The minimum atomic E-state index is -0.537. The Morgan fingerprint density at radius 3 is 2.81 bits per heavy atom. The predicted octanol–water partition coefficient (Wildman–Crippen LogP) is 3.81. The molecule has 0 saturated carbocycles. The lowest BCUT2D eigenvalue weighted by Gasteiger charge is -2.09. The molecule has 0 fully saturated rings. The monoisotopic (exact) mass is 412 g/mol. The number of nitriles is 1. The highest BCUT2D eigenvalue weighted by molar-refractivity contribution is 9.10. The van der Waals surface area contributed by atoms with E-state index >= 15 is 0 Å². The lowest BCUT2D eigenvalue weighted by molar-refractivity contribution is -0.138. The van der Waals surface area contributed by atoms with E-state index in [1.54, 1.807) is 31.3 Å². The van der Waals surface area contributed by atoms with Gasteiger partial charge in [0.2, 0.25) is 0 Å². The maximum atomic E-state index is 12.1. The summed E-state index contributed by atoms with van der Waals surface area (Å²) in [5.74, 6) is -0.537. The highest BCUT2D eigenvalue weighted by Crippen LogP contribution is 2.16. The van der Waals surface area contributed by atoms with E-state index in [9.17, 15) is 10.1 Å². The summed E-state index contributed by atoms with van der Waals surface area (Å²) >= 11 is 3.39. The molecule has 26 heavy (non-hydrogen) atoms. The van der Waals surface area contributed by atoms with Crippen LogP contribution in [0.15, 0.2) is 71.2 Å². The Morgan fingerprint density at radius 2 is 2.15 bits per heavy atom. The van der Waals surface area contributed by atoms with E-state index in [1.807, 2.05) is 24.3 Å². The van der Waals surface area contributed by atoms with Crippen molar-refractivity contribution in [1.82, 2.24) is 10.3 Å². The molecule has 7 heteroatoms. The number of carbonyl (C=O) groups is 1. The number of carbonyl (C=O) groups excluding carboxylic acids is 1. The summed E-state index contributed by atoms with van der Waals surface area (Å²) in [6.45, 7) is 1.96. The van der Waals surface area contributed by atoms with Crippen LogP contribution in [-0.4, -0.2) is 17.6 Å². The van der Waals surface area contributed by atoms with Crippen LogP contribution >= 0.6 is 15.9 Å². The van der Waals surface area contributed by atoms with Crippen LogP contribution in [0, 0.1) is 11.3 Å². The van der Waals surface area contributed by atoms with Crippen LogP contribution in [0.5, 0.6) is 0 Å². The zero-order valence-corrected chi connectivity index (χ0v) is 15.7. The largest absolute Gasteiger partial charge is 0.461 e. The van der Waals surface area contributed by atoms with Gasteiger partial charge < -0.3 is 15.4 Å². The topological polar surface area (TPSA) is 87.0 Å². The van der Waals surface area contributed by atoms with Gasteiger partial charge >= 0.3 is 5.97 Å². The van der Waals surface area contributed by atoms with Crippen molar-refractivity contribution in [2.75, 3.05) is 11.9 Å². The van der Waals surface area contributed by atoms with Gasteiger partial charge in [0.15, 0.2) is 0 Å². The molecule has 2 aromatic rings. The van der Waals surface area contributed by atoms with Gasteiger partial charge in [-0.05, 0) is 37.3 Å². The number of halogens is 1. The van der Waals surface area contributed by atoms with Crippen molar-refractivity contribution < 1.29 is 9.53 Å². The van der Waals surface area contributed by atoms with Crippen LogP contribution in [0.4, 0.5) is 5.69 Å². The number of nitrogens with one attached hydrogen (secondary N) is 2. The predicted molar refractivity (Wildman–Crippen MR) is 103 cm³/mol. The second-order valence-corrected chi connectivity index (χ2v) is 5.88. The number of allylic oxidation sites excluding steroid dienone is 1. The highest BCUT2D eigenvalue weighted by atomic mass is 79.9. The van der Waals surface area contributed by atoms with E-state index in [2.05, 4.69) is 37.6 Å². The fourth-order valence-corrected chi connectivity index (χ4v) is 2.34. The average molecular weight is 413 g/mol. The molecule has 6 nitrogen and oxygen atoms in total. The molecule has 0 saturated heterocycles. The Hall–Kier alpha value is -3.11. The van der Waals surface area contributed by atoms with Gasteiger partial charge in [0.05, 0.1) is 17.9 Å². The van der Waals surface area contributed by atoms with Gasteiger partial charge in [-0.3, -0.25) is 4.98 Å². The molecule has 0 aliphatic carbocycles. The van der Waals surface area contributed by atoms with Gasteiger partial charge in [-0.1, -0.05) is 28.1 Å². The highest BCUT2D eigenvalue weighted by Gasteiger charge is 2.10. The van der Waals surface area contributed by atoms with E-state index < -0.39 is 5.97 Å². The van der Waals surface area contributed by atoms with E-state index in [1.165, 1.54) is 12.4 Å². The van der Waals surface area contributed by atoms with E-state index in [4.69, 9.17) is 4.74 Å². The molecule has 0 radical (unpaired) electrons. The summed E-state index contributed by atoms with van der Waals surface area (Å²) in [6.07, 6.45) is 4.51. The van der Waals surface area contributed by atoms with Crippen molar-refractivity contribution in [3.8, 4) is 6.07 Å². The molecule has 0 atom stereocenters. The molecular formula is C19H17BrN4O2. The number of rotatable bonds is 7. The maximum absolute atomic E-state index is 12.1. The summed E-state index contributed by atoms with van der Waals surface area (Å²) in [5, 5.41) is 15.2. The molecule has 0 unspecified atom stereocenters. The van der Waals surface area contributed by atoms with Gasteiger partial charge in [-0.15, -0.1) is 0 Å². The van der Waals surface area contributed by atoms with Crippen LogP contribution in [0.3, 0.4) is 0 Å². The van der Waals surface area contributed by atoms with Gasteiger partial charge in [0, 0.05) is 28.8 Å². The normalized spacial score (nSPS) is 11.4. The molecular weight excluding hydrogens is 396 g/mol. The summed E-state index contributed by atoms with van der Waals surface area (Å²) in [4.78, 5) is 16.3. The molecule has 1 heterocycles. The summed E-state index contributed by atoms with van der Waals surface area (Å²) in [7, 11) is 0. The van der Waals surface area contributed by atoms with Crippen molar-refractivity contribution in [2.45, 2.75) is 6.92 Å². The molecule has 2 rings (SSSR count). The molecule has 0 aliphatic heterocycles. The molecule has 0 aliphatic rings. The first-order valence-corrected chi connectivity index (χ1v) is 8.61. The first-order chi connectivity index (χ1) is 12.6. The SMILES string of the molecule is CCOC(=O)/C(=C\Nc1cccc(Br)c1)N/C=C(/C#N)c1ccccn1. The molecule has 132 valence electrons. The zero-order chi connectivity index (χ0) is 18.8. The van der Waals surface area contributed by atoms with Crippen LogP contribution in [0.2, 0.25) is 0 Å². The van der Waals surface area contributed by atoms with Crippen LogP contribution < -0.4 is 10.6 Å². The Kier molecular flexibility index (Phi) is 7.40. The number of hydrogen-bond acceptors (Lipinski definition) is 6. The third-order valence-corrected chi connectivity index (χ3v) is 3.63. The number of esters is 1. The Balaban J connectivity index is 2.21. The summed E-state index contributed by atoms with van der Waals surface area (Å²) < 4.78 is 5.95. The van der Waals surface area contributed by atoms with E-state index in [-0.39, 0.29) is 12.3 Å². The lowest BCUT2D eigenvalue weighted by atomic mass is 10.2. The van der Waals surface area contributed by atoms with Crippen LogP contribution in [-0.2, 0) is 9.53 Å². The third kappa shape index (κ3) is 5.76. The molecule has 0 amide bonds. The Bertz CT molecular complexity index is 857. The second kappa shape index (κ2) is 10.0. The van der Waals surface area contributed by atoms with Crippen molar-refractivity contribution in [2.24, 2.45) is 0 Å². The van der Waals surface area contributed by atoms with Crippen molar-refractivity contribution >= 4 is 33.2 Å². The molecule has 2 N–H and O–H groups in total. The maximum Gasteiger partial charge on any atom is 0.356 e. The Morgan fingerprint density at radius 1 is 1.31 bits per heavy atom. The minimum Gasteiger partial charge on any atom is -0.461 e. The first-order valence-electron chi connectivity index (χ1n) is 7.81. The molecule has 0 spiro atoms. The number of benzene rings is 1. The van der Waals surface area contributed by atoms with Gasteiger partial charge in [-0.2, -0.15) is 5.26 Å². The van der Waals surface area contributed by atoms with Gasteiger partial charge in [0.25, 0.3) is 0 Å².